The fourth-order valence-electron chi connectivity index (χ4n) is 1.96. The molecule has 0 heterocycles. The Labute approximate surface area is 121 Å². The normalized spacial score (nSPS) is 10.8. The number of amides is 1. The number of benzene rings is 1. The summed E-state index contributed by atoms with van der Waals surface area (Å²) in [7, 11) is 1.94. The summed E-state index contributed by atoms with van der Waals surface area (Å²) < 4.78 is 0. The van der Waals surface area contributed by atoms with Gasteiger partial charge in [0.1, 0.15) is 5.75 Å². The average Bonchev–Trinajstić information content (AvgIpc) is 2.45. The molecule has 0 aliphatic heterocycles. The molecule has 0 spiro atoms. The molecule has 0 saturated heterocycles. The van der Waals surface area contributed by atoms with Crippen molar-refractivity contribution in [3.05, 3.63) is 29.8 Å². The third kappa shape index (κ3) is 6.04. The van der Waals surface area contributed by atoms with Crippen LogP contribution in [0, 0.1) is 0 Å². The Morgan fingerprint density at radius 1 is 1.15 bits per heavy atom. The van der Waals surface area contributed by atoms with Crippen molar-refractivity contribution in [3.8, 4) is 5.75 Å². The molecule has 0 fully saturated rings. The molecule has 112 valence electrons. The van der Waals surface area contributed by atoms with Crippen molar-refractivity contribution in [2.75, 3.05) is 39.8 Å². The van der Waals surface area contributed by atoms with E-state index in [1.807, 2.05) is 7.05 Å². The highest BCUT2D eigenvalue weighted by Gasteiger charge is 2.07. The summed E-state index contributed by atoms with van der Waals surface area (Å²) in [5, 5.41) is 15.2. The number of phenolic OH excluding ortho intramolecular Hbond substituents is 1. The number of phenols is 1. The Balaban J connectivity index is 2.34. The van der Waals surface area contributed by atoms with E-state index in [4.69, 9.17) is 0 Å². The van der Waals surface area contributed by atoms with Gasteiger partial charge in [0, 0.05) is 31.7 Å². The topological polar surface area (TPSA) is 64.6 Å². The van der Waals surface area contributed by atoms with Crippen LogP contribution in [-0.2, 0) is 0 Å². The number of aromatic hydroxyl groups is 1. The van der Waals surface area contributed by atoms with E-state index < -0.39 is 0 Å². The van der Waals surface area contributed by atoms with Gasteiger partial charge in [0.2, 0.25) is 0 Å². The molecule has 0 unspecified atom stereocenters. The van der Waals surface area contributed by atoms with E-state index in [9.17, 15) is 9.90 Å². The minimum atomic E-state index is -0.102. The smallest absolute Gasteiger partial charge is 0.251 e. The van der Waals surface area contributed by atoms with Crippen molar-refractivity contribution < 1.29 is 9.90 Å². The zero-order chi connectivity index (χ0) is 14.8. The fourth-order valence-corrected chi connectivity index (χ4v) is 1.96. The quantitative estimate of drug-likeness (QED) is 0.632. The van der Waals surface area contributed by atoms with Gasteiger partial charge in [0.05, 0.1) is 0 Å². The molecule has 5 heteroatoms. The highest BCUT2D eigenvalue weighted by atomic mass is 16.3. The summed E-state index contributed by atoms with van der Waals surface area (Å²) in [4.78, 5) is 14.2. The van der Waals surface area contributed by atoms with Crippen LogP contribution < -0.4 is 10.6 Å². The molecule has 0 aliphatic rings. The van der Waals surface area contributed by atoms with E-state index in [0.717, 1.165) is 32.6 Å². The van der Waals surface area contributed by atoms with E-state index in [2.05, 4.69) is 22.5 Å². The van der Waals surface area contributed by atoms with Gasteiger partial charge in [0.25, 0.3) is 5.91 Å². The zero-order valence-corrected chi connectivity index (χ0v) is 12.4. The average molecular weight is 279 g/mol. The number of rotatable bonds is 9. The minimum Gasteiger partial charge on any atom is -0.508 e. The maximum atomic E-state index is 11.9. The van der Waals surface area contributed by atoms with Crippen LogP contribution in [0.15, 0.2) is 24.3 Å². The first-order valence-electron chi connectivity index (χ1n) is 7.11. The number of hydrogen-bond donors (Lipinski definition) is 3. The van der Waals surface area contributed by atoms with Crippen molar-refractivity contribution in [2.45, 2.75) is 13.3 Å². The lowest BCUT2D eigenvalue weighted by atomic mass is 10.2. The molecule has 1 aromatic carbocycles. The van der Waals surface area contributed by atoms with Gasteiger partial charge in [-0.25, -0.2) is 0 Å². The van der Waals surface area contributed by atoms with Gasteiger partial charge in [-0.3, -0.25) is 4.79 Å². The van der Waals surface area contributed by atoms with E-state index in [0.29, 0.717) is 12.1 Å². The molecular weight excluding hydrogens is 254 g/mol. The summed E-state index contributed by atoms with van der Waals surface area (Å²) in [5.41, 5.74) is 0.570. The van der Waals surface area contributed by atoms with Gasteiger partial charge < -0.3 is 20.6 Å². The Morgan fingerprint density at radius 2 is 1.80 bits per heavy atom. The van der Waals surface area contributed by atoms with Gasteiger partial charge in [0.15, 0.2) is 0 Å². The molecule has 0 saturated carbocycles. The van der Waals surface area contributed by atoms with Crippen LogP contribution in [-0.4, -0.2) is 55.7 Å². The van der Waals surface area contributed by atoms with Crippen LogP contribution in [0.25, 0.3) is 0 Å². The third-order valence-electron chi connectivity index (χ3n) is 3.06. The van der Waals surface area contributed by atoms with Crippen molar-refractivity contribution in [2.24, 2.45) is 0 Å². The van der Waals surface area contributed by atoms with Gasteiger partial charge in [-0.2, -0.15) is 0 Å². The second kappa shape index (κ2) is 9.34. The molecular formula is C15H25N3O2. The molecule has 0 bridgehead atoms. The Kier molecular flexibility index (Phi) is 7.69. The number of nitrogens with one attached hydrogen (secondary N) is 2. The van der Waals surface area contributed by atoms with Crippen LogP contribution in [0.2, 0.25) is 0 Å². The summed E-state index contributed by atoms with van der Waals surface area (Å²) in [6, 6.07) is 6.28. The van der Waals surface area contributed by atoms with Gasteiger partial charge in [-0.05, 0) is 44.3 Å². The van der Waals surface area contributed by atoms with Crippen molar-refractivity contribution in [3.63, 3.8) is 0 Å². The number of hydrogen-bond acceptors (Lipinski definition) is 4. The predicted molar refractivity (Wildman–Crippen MR) is 81.1 cm³/mol. The standard InChI is InChI=1S/C15H25N3O2/c1-3-10-18(11-8-16-2)12-9-17-15(20)13-4-6-14(19)7-5-13/h4-7,16,19H,3,8-12H2,1-2H3,(H,17,20). The second-order valence-electron chi connectivity index (χ2n) is 4.75. The van der Waals surface area contributed by atoms with Crippen molar-refractivity contribution in [1.82, 2.24) is 15.5 Å². The van der Waals surface area contributed by atoms with Gasteiger partial charge >= 0.3 is 0 Å². The van der Waals surface area contributed by atoms with Crippen molar-refractivity contribution in [1.29, 1.82) is 0 Å². The van der Waals surface area contributed by atoms with Crippen molar-refractivity contribution >= 4 is 5.91 Å². The molecule has 0 radical (unpaired) electrons. The molecule has 0 aromatic heterocycles. The number of likely N-dealkylation sites (N-methyl/N-ethyl adjacent to an activating group) is 1. The minimum absolute atomic E-state index is 0.102. The lowest BCUT2D eigenvalue weighted by Gasteiger charge is -2.21. The first-order valence-corrected chi connectivity index (χ1v) is 7.11. The summed E-state index contributed by atoms with van der Waals surface area (Å²) in [5.74, 6) is 0.0674. The molecule has 1 aromatic rings. The van der Waals surface area contributed by atoms with E-state index >= 15 is 0 Å². The number of nitrogens with zero attached hydrogens (tertiary/aromatic N) is 1. The Morgan fingerprint density at radius 3 is 2.40 bits per heavy atom. The molecule has 1 amide bonds. The summed E-state index contributed by atoms with van der Waals surface area (Å²) in [6.07, 6.45) is 1.11. The lowest BCUT2D eigenvalue weighted by Crippen LogP contribution is -2.38. The van der Waals surface area contributed by atoms with E-state index in [-0.39, 0.29) is 11.7 Å². The Hall–Kier alpha value is -1.59. The molecule has 20 heavy (non-hydrogen) atoms. The molecule has 3 N–H and O–H groups in total. The fraction of sp³-hybridized carbons (Fsp3) is 0.533. The highest BCUT2D eigenvalue weighted by molar-refractivity contribution is 5.94. The number of carbonyl (C=O) groups is 1. The maximum absolute atomic E-state index is 11.9. The maximum Gasteiger partial charge on any atom is 0.251 e. The lowest BCUT2D eigenvalue weighted by molar-refractivity contribution is 0.0948. The van der Waals surface area contributed by atoms with Gasteiger partial charge in [-0.1, -0.05) is 6.92 Å². The first-order chi connectivity index (χ1) is 9.67. The molecule has 5 nitrogen and oxygen atoms in total. The van der Waals surface area contributed by atoms with E-state index in [1.165, 1.54) is 12.1 Å². The Bertz CT molecular complexity index is 393. The predicted octanol–water partition coefficient (Wildman–Crippen LogP) is 1.05. The van der Waals surface area contributed by atoms with Crippen LogP contribution in [0.1, 0.15) is 23.7 Å². The highest BCUT2D eigenvalue weighted by Crippen LogP contribution is 2.09. The summed E-state index contributed by atoms with van der Waals surface area (Å²) in [6.45, 7) is 6.60. The van der Waals surface area contributed by atoms with Crippen LogP contribution in [0.4, 0.5) is 0 Å². The monoisotopic (exact) mass is 279 g/mol. The largest absolute Gasteiger partial charge is 0.508 e. The van der Waals surface area contributed by atoms with Gasteiger partial charge in [-0.15, -0.1) is 0 Å². The second-order valence-corrected chi connectivity index (χ2v) is 4.75. The third-order valence-corrected chi connectivity index (χ3v) is 3.06. The molecule has 0 aliphatic carbocycles. The van der Waals surface area contributed by atoms with Crippen LogP contribution in [0.3, 0.4) is 0 Å². The van der Waals surface area contributed by atoms with Crippen LogP contribution >= 0.6 is 0 Å². The van der Waals surface area contributed by atoms with Crippen LogP contribution in [0.5, 0.6) is 5.75 Å². The number of carbonyl (C=O) groups excluding carboxylic acids is 1. The zero-order valence-electron chi connectivity index (χ0n) is 12.4. The molecule has 1 rings (SSSR count). The summed E-state index contributed by atoms with van der Waals surface area (Å²) >= 11 is 0. The van der Waals surface area contributed by atoms with E-state index in [1.54, 1.807) is 12.1 Å². The SMILES string of the molecule is CCCN(CCNC)CCNC(=O)c1ccc(O)cc1. The first kappa shape index (κ1) is 16.5. The molecule has 0 atom stereocenters.